The molecule has 0 aliphatic rings. The van der Waals surface area contributed by atoms with Crippen LogP contribution in [0.5, 0.6) is 0 Å². The van der Waals surface area contributed by atoms with E-state index in [9.17, 15) is 10.4 Å². The molecule has 2 N–H and O–H groups in total. The van der Waals surface area contributed by atoms with Gasteiger partial charge in [0.2, 0.25) is 0 Å². The molecule has 0 aliphatic heterocycles. The van der Waals surface area contributed by atoms with Gasteiger partial charge in [0.05, 0.1) is 13.1 Å². The van der Waals surface area contributed by atoms with Crippen molar-refractivity contribution >= 4 is 12.4 Å². The topological polar surface area (TPSA) is 65.2 Å². The van der Waals surface area contributed by atoms with Gasteiger partial charge in [0.25, 0.3) is 0 Å². The summed E-state index contributed by atoms with van der Waals surface area (Å²) >= 11 is 0. The molecule has 6 nitrogen and oxygen atoms in total. The van der Waals surface area contributed by atoms with Gasteiger partial charge in [-0.2, -0.15) is 9.29 Å². The molecule has 26 heavy (non-hydrogen) atoms. The summed E-state index contributed by atoms with van der Waals surface area (Å²) in [6.45, 7) is 22.6. The van der Waals surface area contributed by atoms with Gasteiger partial charge in [0.15, 0.2) is 0 Å². The van der Waals surface area contributed by atoms with E-state index in [4.69, 9.17) is 0 Å². The summed E-state index contributed by atoms with van der Waals surface area (Å²) in [5.41, 5.74) is -0.492. The van der Waals surface area contributed by atoms with Gasteiger partial charge in [-0.1, -0.05) is 0 Å². The predicted molar refractivity (Wildman–Crippen MR) is 110 cm³/mol. The summed E-state index contributed by atoms with van der Waals surface area (Å²) in [5.74, 6) is 0. The number of aliphatic imine (C=N–C) groups is 2. The quantitative estimate of drug-likeness (QED) is 0.365. The third kappa shape index (κ3) is 6.41. The monoisotopic (exact) mass is 372 g/mol. The van der Waals surface area contributed by atoms with Crippen molar-refractivity contribution in [3.05, 3.63) is 0 Å². The molecule has 0 fully saturated rings. The number of hydroxylamine groups is 6. The minimum atomic E-state index is -0.246. The van der Waals surface area contributed by atoms with Gasteiger partial charge < -0.3 is 0 Å². The Hall–Kier alpha value is -0.820. The van der Waals surface area contributed by atoms with Crippen molar-refractivity contribution < 1.29 is 19.7 Å². The molecule has 0 amide bonds. The molecule has 0 aromatic carbocycles. The fourth-order valence-corrected chi connectivity index (χ4v) is 3.40. The first-order valence-corrected chi connectivity index (χ1v) is 9.79. The summed E-state index contributed by atoms with van der Waals surface area (Å²) in [6.07, 6.45) is 3.37. The van der Waals surface area contributed by atoms with Gasteiger partial charge in [-0.05, 0) is 69.2 Å². The van der Waals surface area contributed by atoms with Crippen molar-refractivity contribution in [1.29, 1.82) is 0 Å². The van der Waals surface area contributed by atoms with Crippen LogP contribution in [0.1, 0.15) is 69.2 Å². The second-order valence-corrected chi connectivity index (χ2v) is 9.74. The average molecular weight is 373 g/mol. The molecule has 0 bridgehead atoms. The molecule has 0 rings (SSSR count). The van der Waals surface area contributed by atoms with Crippen molar-refractivity contribution in [3.8, 4) is 0 Å². The summed E-state index contributed by atoms with van der Waals surface area (Å²) < 4.78 is -0.0159. The molecule has 0 heterocycles. The summed E-state index contributed by atoms with van der Waals surface area (Å²) in [6, 6.07) is 0.227. The number of nitrogens with zero attached hydrogens (tertiary/aromatic N) is 4. The van der Waals surface area contributed by atoms with Crippen LogP contribution in [0.25, 0.3) is 0 Å². The molecule has 0 radical (unpaired) electrons. The van der Waals surface area contributed by atoms with Crippen LogP contribution >= 0.6 is 0 Å². The first-order chi connectivity index (χ1) is 11.6. The first-order valence-electron chi connectivity index (χ1n) is 9.79. The molecule has 154 valence electrons. The third-order valence-corrected chi connectivity index (χ3v) is 5.45. The van der Waals surface area contributed by atoms with E-state index >= 15 is 0 Å². The van der Waals surface area contributed by atoms with E-state index in [1.165, 1.54) is 0 Å². The van der Waals surface area contributed by atoms with E-state index in [1.807, 2.05) is 69.2 Å². The molecule has 0 aromatic heterocycles. The number of hydrogen-bond acceptors (Lipinski definition) is 4. The minimum Gasteiger partial charge on any atom is -0.286 e. The highest BCUT2D eigenvalue weighted by atomic mass is 16.6. The molecule has 0 aliphatic carbocycles. The molecule has 0 aromatic rings. The SMILES string of the molecule is CC(C)[N+](O)(CCN=CC=NCC[N+](O)(C(C)C)C(C)(C)C)C(C)(C)C. The maximum absolute atomic E-state index is 10.9. The van der Waals surface area contributed by atoms with Gasteiger partial charge in [-0.15, -0.1) is 0 Å². The van der Waals surface area contributed by atoms with Crippen molar-refractivity contribution in [3.63, 3.8) is 0 Å². The highest BCUT2D eigenvalue weighted by molar-refractivity contribution is 6.15. The van der Waals surface area contributed by atoms with Crippen LogP contribution in [0.2, 0.25) is 0 Å². The van der Waals surface area contributed by atoms with E-state index in [2.05, 4.69) is 9.98 Å². The van der Waals surface area contributed by atoms with E-state index in [0.29, 0.717) is 26.2 Å². The van der Waals surface area contributed by atoms with Crippen LogP contribution in [-0.4, -0.2) is 81.5 Å². The third-order valence-electron chi connectivity index (χ3n) is 5.45. The Morgan fingerprint density at radius 1 is 0.692 bits per heavy atom. The molecule has 0 spiro atoms. The summed E-state index contributed by atoms with van der Waals surface area (Å²) in [7, 11) is 0. The van der Waals surface area contributed by atoms with Gasteiger partial charge in [-0.3, -0.25) is 9.98 Å². The van der Waals surface area contributed by atoms with Gasteiger partial charge >= 0.3 is 0 Å². The van der Waals surface area contributed by atoms with Crippen molar-refractivity contribution in [2.75, 3.05) is 26.2 Å². The van der Waals surface area contributed by atoms with Crippen LogP contribution in [0.15, 0.2) is 9.98 Å². The lowest BCUT2D eigenvalue weighted by Gasteiger charge is -2.44. The second-order valence-electron chi connectivity index (χ2n) is 9.74. The Bertz CT molecular complexity index is 431. The number of hydrogen-bond donors (Lipinski definition) is 2. The van der Waals surface area contributed by atoms with Gasteiger partial charge in [0.1, 0.15) is 36.3 Å². The maximum atomic E-state index is 10.9. The molecule has 2 unspecified atom stereocenters. The Morgan fingerprint density at radius 3 is 1.15 bits per heavy atom. The molecule has 2 atom stereocenters. The van der Waals surface area contributed by atoms with Crippen LogP contribution in [0, 0.1) is 0 Å². The van der Waals surface area contributed by atoms with Crippen molar-refractivity contribution in [2.24, 2.45) is 9.98 Å². The predicted octanol–water partition coefficient (Wildman–Crippen LogP) is 3.95. The van der Waals surface area contributed by atoms with E-state index in [0.717, 1.165) is 0 Å². The zero-order valence-electron chi connectivity index (χ0n) is 18.8. The molecule has 6 heteroatoms. The average Bonchev–Trinajstić information content (AvgIpc) is 2.46. The molecular formula is C20H44N4O2+2. The highest BCUT2D eigenvalue weighted by Crippen LogP contribution is 2.26. The largest absolute Gasteiger partial charge is 0.286 e. The maximum Gasteiger partial charge on any atom is 0.129 e. The highest BCUT2D eigenvalue weighted by Gasteiger charge is 2.43. The Morgan fingerprint density at radius 2 is 0.962 bits per heavy atom. The van der Waals surface area contributed by atoms with Gasteiger partial charge in [-0.25, -0.2) is 10.4 Å². The number of quaternary nitrogens is 2. The first kappa shape index (κ1) is 25.2. The second kappa shape index (κ2) is 9.40. The number of rotatable bonds is 9. The lowest BCUT2D eigenvalue weighted by atomic mass is 10.0. The van der Waals surface area contributed by atoms with Crippen molar-refractivity contribution in [2.45, 2.75) is 92.4 Å². The minimum absolute atomic E-state index is 0.00797. The fourth-order valence-electron chi connectivity index (χ4n) is 3.40. The van der Waals surface area contributed by atoms with Crippen molar-refractivity contribution in [1.82, 2.24) is 0 Å². The standard InChI is InChI=1S/C20H44N4O2/c1-17(2)23(25,19(5,6)7)15-13-21-11-12-22-14-16-24(26,18(3)4)20(8,9)10/h11-12,17-18,25-26H,13-16H2,1-10H3/q+2. The molecular weight excluding hydrogens is 328 g/mol. The van der Waals surface area contributed by atoms with Crippen LogP contribution in [0.4, 0.5) is 0 Å². The zero-order chi connectivity index (χ0) is 20.8. The molecule has 0 saturated heterocycles. The Balaban J connectivity index is 4.56. The van der Waals surface area contributed by atoms with E-state index in [-0.39, 0.29) is 32.5 Å². The van der Waals surface area contributed by atoms with Crippen LogP contribution in [0.3, 0.4) is 0 Å². The summed E-state index contributed by atoms with van der Waals surface area (Å²) in [5, 5.41) is 21.8. The van der Waals surface area contributed by atoms with E-state index < -0.39 is 0 Å². The Labute approximate surface area is 161 Å². The lowest BCUT2D eigenvalue weighted by molar-refractivity contribution is -1.15. The zero-order valence-corrected chi connectivity index (χ0v) is 18.8. The smallest absolute Gasteiger partial charge is 0.129 e. The van der Waals surface area contributed by atoms with Gasteiger partial charge in [0, 0.05) is 12.4 Å². The van der Waals surface area contributed by atoms with E-state index in [1.54, 1.807) is 12.4 Å². The Kier molecular flexibility index (Phi) is 9.10. The molecule has 0 saturated carbocycles. The fraction of sp³-hybridized carbons (Fsp3) is 0.900. The van der Waals surface area contributed by atoms with Crippen LogP contribution in [-0.2, 0) is 0 Å². The van der Waals surface area contributed by atoms with Crippen LogP contribution < -0.4 is 0 Å². The normalized spacial score (nSPS) is 18.8. The summed E-state index contributed by atoms with van der Waals surface area (Å²) in [4.78, 5) is 8.71. The lowest BCUT2D eigenvalue weighted by Crippen LogP contribution is -2.62.